The van der Waals surface area contributed by atoms with Crippen LogP contribution in [0.4, 0.5) is 5.69 Å². The first kappa shape index (κ1) is 23.8. The Balaban J connectivity index is 1.50. The summed E-state index contributed by atoms with van der Waals surface area (Å²) in [6, 6.07) is 48.1. The molecule has 42 heavy (non-hydrogen) atoms. The van der Waals surface area contributed by atoms with Gasteiger partial charge in [0, 0.05) is 38.4 Å². The molecule has 8 rings (SSSR count). The molecule has 2 aromatic heterocycles. The van der Waals surface area contributed by atoms with Gasteiger partial charge in [0.15, 0.2) is 5.69 Å². The molecule has 0 unspecified atom stereocenters. The molecule has 0 atom stereocenters. The van der Waals surface area contributed by atoms with Crippen molar-refractivity contribution in [2.24, 2.45) is 0 Å². The molecule has 4 heteroatoms. The Bertz CT molecular complexity index is 2300. The van der Waals surface area contributed by atoms with Gasteiger partial charge < -0.3 is 9.13 Å². The van der Waals surface area contributed by atoms with Crippen LogP contribution in [0.2, 0.25) is 0 Å². The Morgan fingerprint density at radius 1 is 0.548 bits per heavy atom. The molecule has 6 aromatic carbocycles. The van der Waals surface area contributed by atoms with Gasteiger partial charge in [0.25, 0.3) is 0 Å². The molecule has 0 saturated carbocycles. The molecule has 0 fully saturated rings. The van der Waals surface area contributed by atoms with Crippen LogP contribution in [0.15, 0.2) is 133 Å². The minimum absolute atomic E-state index is 0.444. The van der Waals surface area contributed by atoms with Crippen LogP contribution in [-0.2, 0) is 0 Å². The topological polar surface area (TPSA) is 38.0 Å². The minimum atomic E-state index is 0.444. The van der Waals surface area contributed by atoms with E-state index in [-0.39, 0.29) is 0 Å². The average Bonchev–Trinajstić information content (AvgIpc) is 3.57. The summed E-state index contributed by atoms with van der Waals surface area (Å²) in [7, 11) is 0. The van der Waals surface area contributed by atoms with Crippen molar-refractivity contribution in [2.45, 2.75) is 0 Å². The third-order valence-electron chi connectivity index (χ3n) is 8.13. The number of nitriles is 1. The van der Waals surface area contributed by atoms with E-state index < -0.39 is 0 Å². The zero-order valence-corrected chi connectivity index (χ0v) is 22.5. The first-order valence-corrected chi connectivity index (χ1v) is 13.8. The van der Waals surface area contributed by atoms with Crippen LogP contribution in [-0.4, -0.2) is 9.13 Å². The van der Waals surface area contributed by atoms with Crippen molar-refractivity contribution in [1.29, 1.82) is 5.26 Å². The van der Waals surface area contributed by atoms with Crippen LogP contribution in [0.1, 0.15) is 5.56 Å². The SMILES string of the molecule is [C-]#[N+]c1cc(C#N)cc(-c2cc(-n3c4ccccc4c4ccccc43)ccc2-n2c3ccccc3c3ccccc32)c1. The predicted octanol–water partition coefficient (Wildman–Crippen LogP) is 9.97. The Kier molecular flexibility index (Phi) is 5.22. The molecule has 0 radical (unpaired) electrons. The molecule has 2 heterocycles. The summed E-state index contributed by atoms with van der Waals surface area (Å²) < 4.78 is 4.60. The molecule has 0 spiro atoms. The summed E-state index contributed by atoms with van der Waals surface area (Å²) in [5.74, 6) is 0. The number of nitrogens with zero attached hydrogens (tertiary/aromatic N) is 4. The fourth-order valence-corrected chi connectivity index (χ4v) is 6.37. The van der Waals surface area contributed by atoms with Gasteiger partial charge in [-0.25, -0.2) is 4.85 Å². The minimum Gasteiger partial charge on any atom is -0.309 e. The molecule has 194 valence electrons. The average molecular weight is 535 g/mol. The molecule has 0 bridgehead atoms. The quantitative estimate of drug-likeness (QED) is 0.208. The first-order chi connectivity index (χ1) is 20.7. The van der Waals surface area contributed by atoms with Crippen LogP contribution in [0.3, 0.4) is 0 Å². The maximum Gasteiger partial charge on any atom is 0.189 e. The van der Waals surface area contributed by atoms with Gasteiger partial charge in [-0.2, -0.15) is 5.26 Å². The number of para-hydroxylation sites is 4. The number of aromatic nitrogens is 2. The molecular weight excluding hydrogens is 512 g/mol. The van der Waals surface area contributed by atoms with Crippen molar-refractivity contribution in [1.82, 2.24) is 9.13 Å². The van der Waals surface area contributed by atoms with Crippen molar-refractivity contribution >= 4 is 49.3 Å². The summed E-state index contributed by atoms with van der Waals surface area (Å²) in [6.07, 6.45) is 0. The highest BCUT2D eigenvalue weighted by Crippen LogP contribution is 2.40. The smallest absolute Gasteiger partial charge is 0.189 e. The van der Waals surface area contributed by atoms with E-state index in [0.717, 1.165) is 44.6 Å². The van der Waals surface area contributed by atoms with E-state index in [4.69, 9.17) is 6.57 Å². The van der Waals surface area contributed by atoms with E-state index in [1.165, 1.54) is 21.5 Å². The van der Waals surface area contributed by atoms with E-state index >= 15 is 0 Å². The summed E-state index contributed by atoms with van der Waals surface area (Å²) in [4.78, 5) is 3.70. The monoisotopic (exact) mass is 534 g/mol. The zero-order valence-electron chi connectivity index (χ0n) is 22.5. The lowest BCUT2D eigenvalue weighted by Gasteiger charge is -2.18. The third kappa shape index (κ3) is 3.47. The fraction of sp³-hybridized carbons (Fsp3) is 0. The Labute approximate surface area is 242 Å². The number of hydrogen-bond acceptors (Lipinski definition) is 1. The molecule has 4 nitrogen and oxygen atoms in total. The standard InChI is InChI=1S/C38H22N4/c1-40-27-21-25(24-39)20-26(22-27)33-23-28(41-34-14-6-2-10-29(34)30-11-3-7-15-35(30)41)18-19-38(33)42-36-16-8-4-12-31(36)32-13-5-9-17-37(32)42/h2-23H. The van der Waals surface area contributed by atoms with Gasteiger partial charge in [0.05, 0.1) is 40.4 Å². The number of fused-ring (bicyclic) bond motifs is 6. The van der Waals surface area contributed by atoms with Gasteiger partial charge in [-0.1, -0.05) is 72.8 Å². The molecule has 0 amide bonds. The van der Waals surface area contributed by atoms with Gasteiger partial charge in [0.1, 0.15) is 0 Å². The van der Waals surface area contributed by atoms with E-state index in [1.54, 1.807) is 6.07 Å². The van der Waals surface area contributed by atoms with E-state index in [1.807, 2.05) is 12.1 Å². The molecule has 0 saturated heterocycles. The Hall–Kier alpha value is -6.10. The second-order valence-corrected chi connectivity index (χ2v) is 10.4. The highest BCUT2D eigenvalue weighted by Gasteiger charge is 2.19. The Morgan fingerprint density at radius 2 is 1.05 bits per heavy atom. The lowest BCUT2D eigenvalue weighted by Crippen LogP contribution is -2.01. The highest BCUT2D eigenvalue weighted by atomic mass is 15.0. The van der Waals surface area contributed by atoms with Crippen LogP contribution in [0, 0.1) is 17.9 Å². The van der Waals surface area contributed by atoms with Crippen molar-refractivity contribution in [2.75, 3.05) is 0 Å². The van der Waals surface area contributed by atoms with Gasteiger partial charge in [-0.3, -0.25) is 0 Å². The third-order valence-corrected chi connectivity index (χ3v) is 8.13. The zero-order chi connectivity index (χ0) is 28.2. The molecule has 0 N–H and O–H groups in total. The number of rotatable bonds is 3. The maximum absolute atomic E-state index is 9.84. The molecule has 0 aliphatic rings. The molecule has 8 aromatic rings. The second-order valence-electron chi connectivity index (χ2n) is 10.4. The van der Waals surface area contributed by atoms with Gasteiger partial charge in [-0.05, 0) is 66.2 Å². The summed E-state index contributed by atoms with van der Waals surface area (Å²) in [5, 5.41) is 14.6. The molecular formula is C38H22N4. The van der Waals surface area contributed by atoms with Gasteiger partial charge in [0.2, 0.25) is 0 Å². The lowest BCUT2D eigenvalue weighted by molar-refractivity contribution is 1.15. The van der Waals surface area contributed by atoms with Crippen molar-refractivity contribution in [3.05, 3.63) is 150 Å². The fourth-order valence-electron chi connectivity index (χ4n) is 6.37. The van der Waals surface area contributed by atoms with E-state index in [0.29, 0.717) is 11.3 Å². The first-order valence-electron chi connectivity index (χ1n) is 13.8. The maximum atomic E-state index is 9.84. The van der Waals surface area contributed by atoms with Gasteiger partial charge in [-0.15, -0.1) is 0 Å². The van der Waals surface area contributed by atoms with Crippen molar-refractivity contribution in [3.63, 3.8) is 0 Å². The summed E-state index contributed by atoms with van der Waals surface area (Å²) in [5.41, 5.74) is 9.15. The second kappa shape index (κ2) is 9.24. The van der Waals surface area contributed by atoms with Gasteiger partial charge >= 0.3 is 0 Å². The normalized spacial score (nSPS) is 11.3. The van der Waals surface area contributed by atoms with Crippen LogP contribution in [0.25, 0.3) is 71.0 Å². The summed E-state index contributed by atoms with van der Waals surface area (Å²) >= 11 is 0. The van der Waals surface area contributed by atoms with E-state index in [9.17, 15) is 5.26 Å². The van der Waals surface area contributed by atoms with Crippen LogP contribution >= 0.6 is 0 Å². The molecule has 0 aliphatic heterocycles. The highest BCUT2D eigenvalue weighted by molar-refractivity contribution is 6.11. The van der Waals surface area contributed by atoms with Crippen molar-refractivity contribution < 1.29 is 0 Å². The Morgan fingerprint density at radius 3 is 1.55 bits per heavy atom. The van der Waals surface area contributed by atoms with Crippen LogP contribution in [0.5, 0.6) is 0 Å². The van der Waals surface area contributed by atoms with Crippen molar-refractivity contribution in [3.8, 4) is 28.6 Å². The summed E-state index contributed by atoms with van der Waals surface area (Å²) in [6.45, 7) is 7.73. The number of hydrogen-bond donors (Lipinski definition) is 0. The predicted molar refractivity (Wildman–Crippen MR) is 172 cm³/mol. The van der Waals surface area contributed by atoms with E-state index in [2.05, 4.69) is 135 Å². The number of benzene rings is 6. The molecule has 0 aliphatic carbocycles. The largest absolute Gasteiger partial charge is 0.309 e. The van der Waals surface area contributed by atoms with Crippen LogP contribution < -0.4 is 0 Å². The lowest BCUT2D eigenvalue weighted by atomic mass is 9.99.